The number of hydrogen-bond acceptors (Lipinski definition) is 5. The summed E-state index contributed by atoms with van der Waals surface area (Å²) in [7, 11) is 0. The van der Waals surface area contributed by atoms with Gasteiger partial charge in [-0.1, -0.05) is 71.0 Å². The number of rotatable bonds is 7. The van der Waals surface area contributed by atoms with Crippen LogP contribution >= 0.6 is 0 Å². The van der Waals surface area contributed by atoms with Gasteiger partial charge in [0, 0.05) is 5.92 Å². The van der Waals surface area contributed by atoms with Crippen LogP contribution in [0.25, 0.3) is 10.8 Å². The van der Waals surface area contributed by atoms with E-state index in [0.717, 1.165) is 55.3 Å². The smallest absolute Gasteiger partial charge is 0.316 e. The molecule has 1 N–H and O–H groups in total. The minimum absolute atomic E-state index is 0.0455. The van der Waals surface area contributed by atoms with Crippen molar-refractivity contribution < 1.29 is 24.2 Å². The Morgan fingerprint density at radius 1 is 0.745 bits per heavy atom. The molecule has 4 bridgehead atoms. The van der Waals surface area contributed by atoms with Crippen LogP contribution in [-0.2, 0) is 14.3 Å². The Hall–Kier alpha value is -3.34. The molecule has 3 aromatic rings. The quantitative estimate of drug-likeness (QED) is 0.151. The molecular formula is C46H62O5. The first kappa shape index (κ1) is 37.4. The van der Waals surface area contributed by atoms with Crippen molar-refractivity contribution in [2.24, 2.45) is 46.3 Å². The van der Waals surface area contributed by atoms with Crippen LogP contribution in [0, 0.1) is 46.3 Å². The maximum atomic E-state index is 12.7. The van der Waals surface area contributed by atoms with Crippen LogP contribution in [0.5, 0.6) is 11.5 Å². The van der Waals surface area contributed by atoms with Gasteiger partial charge in [-0.2, -0.15) is 0 Å². The van der Waals surface area contributed by atoms with Crippen molar-refractivity contribution in [3.05, 3.63) is 71.8 Å². The van der Waals surface area contributed by atoms with E-state index in [-0.39, 0.29) is 28.7 Å². The van der Waals surface area contributed by atoms with Gasteiger partial charge in [0.15, 0.2) is 0 Å². The summed E-state index contributed by atoms with van der Waals surface area (Å²) in [5, 5.41) is 12.0. The highest BCUT2D eigenvalue weighted by atomic mass is 16.6. The van der Waals surface area contributed by atoms with Crippen molar-refractivity contribution in [3.8, 4) is 11.5 Å². The zero-order valence-electron chi connectivity index (χ0n) is 32.6. The van der Waals surface area contributed by atoms with Gasteiger partial charge in [0.2, 0.25) is 0 Å². The molecule has 0 aliphatic heterocycles. The molecule has 5 aliphatic carbocycles. The Morgan fingerprint density at radius 3 is 1.84 bits per heavy atom. The summed E-state index contributed by atoms with van der Waals surface area (Å²) >= 11 is 0. The third-order valence-electron chi connectivity index (χ3n) is 14.4. The summed E-state index contributed by atoms with van der Waals surface area (Å²) in [5.74, 6) is 7.12. The molecule has 3 aromatic carbocycles. The summed E-state index contributed by atoms with van der Waals surface area (Å²) in [6, 6.07) is 19.5. The largest absolute Gasteiger partial charge is 0.508 e. The highest BCUT2D eigenvalue weighted by Gasteiger charge is 2.68. The SMILES string of the molecule is CC1c2cccc3cccc(c23)C1C.CCC(C)(C)C(=O)OC1(CC)CC2CC1C1C3CCC(C3)C21.CCC(C)(C)C(=O)Oc1ccc(O)cc1. The van der Waals surface area contributed by atoms with Crippen LogP contribution in [0.3, 0.4) is 0 Å². The highest BCUT2D eigenvalue weighted by molar-refractivity contribution is 5.92. The number of carbonyl (C=O) groups is 2. The number of benzene rings is 3. The van der Waals surface area contributed by atoms with Crippen molar-refractivity contribution in [2.75, 3.05) is 0 Å². The molecule has 4 saturated carbocycles. The van der Waals surface area contributed by atoms with Crippen molar-refractivity contribution in [1.29, 1.82) is 0 Å². The fraction of sp³-hybridized carbons (Fsp3) is 0.609. The lowest BCUT2D eigenvalue weighted by atomic mass is 9.65. The Bertz CT molecular complexity index is 1680. The lowest BCUT2D eigenvalue weighted by Gasteiger charge is -2.46. The molecule has 5 heteroatoms. The normalized spacial score (nSPS) is 31.0. The van der Waals surface area contributed by atoms with Crippen LogP contribution in [0.4, 0.5) is 0 Å². The maximum absolute atomic E-state index is 12.7. The molecule has 0 radical (unpaired) electrons. The van der Waals surface area contributed by atoms with Crippen LogP contribution < -0.4 is 4.74 Å². The van der Waals surface area contributed by atoms with Crippen LogP contribution in [0.1, 0.15) is 137 Å². The molecule has 5 nitrogen and oxygen atoms in total. The molecule has 9 atom stereocenters. The van der Waals surface area contributed by atoms with E-state index in [2.05, 4.69) is 64.1 Å². The first-order valence-corrected chi connectivity index (χ1v) is 19.9. The summed E-state index contributed by atoms with van der Waals surface area (Å²) in [6.45, 7) is 18.7. The fourth-order valence-corrected chi connectivity index (χ4v) is 10.4. The molecular weight excluding hydrogens is 633 g/mol. The number of ether oxygens (including phenoxy) is 2. The van der Waals surface area contributed by atoms with Gasteiger partial charge in [-0.25, -0.2) is 0 Å². The monoisotopic (exact) mass is 694 g/mol. The van der Waals surface area contributed by atoms with E-state index in [1.54, 1.807) is 12.1 Å². The highest BCUT2D eigenvalue weighted by Crippen LogP contribution is 2.71. The third kappa shape index (κ3) is 6.84. The van der Waals surface area contributed by atoms with Gasteiger partial charge in [-0.15, -0.1) is 0 Å². The zero-order chi connectivity index (χ0) is 36.9. The van der Waals surface area contributed by atoms with Gasteiger partial charge in [0.25, 0.3) is 0 Å². The predicted octanol–water partition coefficient (Wildman–Crippen LogP) is 11.6. The van der Waals surface area contributed by atoms with E-state index in [9.17, 15) is 9.59 Å². The molecule has 51 heavy (non-hydrogen) atoms. The average Bonchev–Trinajstić information content (AvgIpc) is 3.96. The summed E-state index contributed by atoms with van der Waals surface area (Å²) in [5.41, 5.74) is 2.13. The van der Waals surface area contributed by atoms with Crippen molar-refractivity contribution in [2.45, 2.75) is 131 Å². The number of phenolic OH excluding ortho intramolecular Hbond substituents is 1. The average molecular weight is 695 g/mol. The Balaban J connectivity index is 0.000000137. The first-order chi connectivity index (χ1) is 24.2. The number of esters is 2. The minimum Gasteiger partial charge on any atom is -0.508 e. The van der Waals surface area contributed by atoms with Crippen LogP contribution in [-0.4, -0.2) is 22.6 Å². The number of fused-ring (bicyclic) bond motifs is 9. The van der Waals surface area contributed by atoms with Crippen LogP contribution in [0.15, 0.2) is 60.7 Å². The number of hydrogen-bond donors (Lipinski definition) is 1. The second-order valence-corrected chi connectivity index (χ2v) is 17.8. The molecule has 276 valence electrons. The lowest BCUT2D eigenvalue weighted by Crippen LogP contribution is -2.49. The predicted molar refractivity (Wildman–Crippen MR) is 206 cm³/mol. The minimum atomic E-state index is -0.474. The molecule has 5 aliphatic rings. The van der Waals surface area contributed by atoms with Gasteiger partial charge >= 0.3 is 11.9 Å². The van der Waals surface area contributed by atoms with Crippen LogP contribution in [0.2, 0.25) is 0 Å². The van der Waals surface area contributed by atoms with E-state index in [0.29, 0.717) is 23.5 Å². The van der Waals surface area contributed by atoms with E-state index >= 15 is 0 Å². The van der Waals surface area contributed by atoms with Gasteiger partial charge in [0.1, 0.15) is 17.1 Å². The molecule has 8 rings (SSSR count). The fourth-order valence-electron chi connectivity index (χ4n) is 10.4. The van der Waals surface area contributed by atoms with E-state index < -0.39 is 5.41 Å². The summed E-state index contributed by atoms with van der Waals surface area (Å²) in [6.07, 6.45) is 9.51. The van der Waals surface area contributed by atoms with E-state index in [1.807, 2.05) is 34.6 Å². The molecule has 0 amide bonds. The van der Waals surface area contributed by atoms with Gasteiger partial charge < -0.3 is 14.6 Å². The topological polar surface area (TPSA) is 72.8 Å². The standard InChI is InChI=1S/C20H32O2.C14H14.C12H16O3/c1-5-19(3,4)18(21)22-20(6-2)11-14-10-15(20)17-13-8-7-12(9-13)16(14)17;1-9-10(2)13-8-4-6-11-5-3-7-12(9)14(11)13;1-4-12(2,3)11(14)15-10-7-5-9(13)6-8-10/h12-17H,5-11H2,1-4H3;3-10H,1-2H3;5-8,13H,4H2,1-3H3. The van der Waals surface area contributed by atoms with Gasteiger partial charge in [-0.3, -0.25) is 9.59 Å². The first-order valence-electron chi connectivity index (χ1n) is 19.9. The zero-order valence-corrected chi connectivity index (χ0v) is 32.6. The van der Waals surface area contributed by atoms with E-state index in [4.69, 9.17) is 14.6 Å². The molecule has 0 saturated heterocycles. The molecule has 0 aromatic heterocycles. The molecule has 4 fully saturated rings. The lowest BCUT2D eigenvalue weighted by molar-refractivity contribution is -0.183. The van der Waals surface area contributed by atoms with Crippen molar-refractivity contribution >= 4 is 22.7 Å². The second kappa shape index (κ2) is 14.2. The molecule has 9 unspecified atom stereocenters. The second-order valence-electron chi connectivity index (χ2n) is 17.8. The number of aromatic hydroxyl groups is 1. The Kier molecular flexibility index (Phi) is 10.4. The van der Waals surface area contributed by atoms with Gasteiger partial charge in [-0.05, 0) is 167 Å². The molecule has 0 spiro atoms. The number of carbonyl (C=O) groups excluding carboxylic acids is 2. The molecule has 0 heterocycles. The third-order valence-corrected chi connectivity index (χ3v) is 14.4. The Labute approximate surface area is 306 Å². The summed E-state index contributed by atoms with van der Waals surface area (Å²) < 4.78 is 11.5. The number of phenols is 1. The van der Waals surface area contributed by atoms with Crippen molar-refractivity contribution in [3.63, 3.8) is 0 Å². The Morgan fingerprint density at radius 2 is 1.29 bits per heavy atom. The maximum Gasteiger partial charge on any atom is 0.316 e. The van der Waals surface area contributed by atoms with E-state index in [1.165, 1.54) is 59.7 Å². The summed E-state index contributed by atoms with van der Waals surface area (Å²) in [4.78, 5) is 24.4. The van der Waals surface area contributed by atoms with Gasteiger partial charge in [0.05, 0.1) is 10.8 Å². The van der Waals surface area contributed by atoms with Crippen molar-refractivity contribution in [1.82, 2.24) is 0 Å².